The molecule has 0 radical (unpaired) electrons. The molecule has 2 unspecified atom stereocenters. The summed E-state index contributed by atoms with van der Waals surface area (Å²) >= 11 is 0. The van der Waals surface area contributed by atoms with Crippen molar-refractivity contribution in [3.63, 3.8) is 0 Å². The van der Waals surface area contributed by atoms with Gasteiger partial charge in [-0.05, 0) is 104 Å². The first-order valence-corrected chi connectivity index (χ1v) is 22.4. The summed E-state index contributed by atoms with van der Waals surface area (Å²) in [5.74, 6) is -0.373. The average Bonchev–Trinajstić information content (AvgIpc) is 3.77. The Labute approximate surface area is 363 Å². The quantitative estimate of drug-likeness (QED) is 0.192. The van der Waals surface area contributed by atoms with E-state index in [9.17, 15) is 9.59 Å². The molecule has 0 bridgehead atoms. The van der Waals surface area contributed by atoms with Gasteiger partial charge in [0.2, 0.25) is 0 Å². The Morgan fingerprint density at radius 3 is 1.63 bits per heavy atom. The van der Waals surface area contributed by atoms with Crippen LogP contribution in [0.4, 0.5) is 0 Å². The van der Waals surface area contributed by atoms with Crippen molar-refractivity contribution in [3.05, 3.63) is 121 Å². The molecule has 0 amide bonds. The van der Waals surface area contributed by atoms with Crippen molar-refractivity contribution in [1.29, 1.82) is 0 Å². The molecule has 0 N–H and O–H groups in total. The summed E-state index contributed by atoms with van der Waals surface area (Å²) in [6, 6.07) is 0. The lowest BCUT2D eigenvalue weighted by atomic mass is 10.1. The maximum Gasteiger partial charge on any atom is 0.306 e. The van der Waals surface area contributed by atoms with Gasteiger partial charge in [-0.2, -0.15) is 0 Å². The third kappa shape index (κ3) is 33.9. The topological polar surface area (TPSA) is 92.8 Å². The molecule has 0 aromatic heterocycles. The molecule has 2 atom stereocenters. The monoisotopic (exact) mass is 832 g/mol. The van der Waals surface area contributed by atoms with E-state index < -0.39 is 0 Å². The van der Waals surface area contributed by atoms with Gasteiger partial charge in [-0.25, -0.2) is 0 Å². The van der Waals surface area contributed by atoms with E-state index in [1.807, 2.05) is 60.8 Å². The Kier molecular flexibility index (Phi) is 34.2. The van der Waals surface area contributed by atoms with Gasteiger partial charge in [-0.15, -0.1) is 0 Å². The highest BCUT2D eigenvalue weighted by molar-refractivity contribution is 5.70. The largest absolute Gasteiger partial charge is 0.461 e. The number of carbonyl (C=O) groups excluding carboxylic acids is 2. The Balaban J connectivity index is 1.79. The predicted molar refractivity (Wildman–Crippen MR) is 246 cm³/mol. The summed E-state index contributed by atoms with van der Waals surface area (Å²) in [6.07, 6.45) is 52.6. The molecule has 0 aromatic rings. The maximum absolute atomic E-state index is 12.1. The number of esters is 2. The van der Waals surface area contributed by atoms with Crippen LogP contribution in [-0.2, 0) is 38.0 Å². The van der Waals surface area contributed by atoms with E-state index in [0.717, 1.165) is 90.2 Å². The van der Waals surface area contributed by atoms with Crippen LogP contribution in [0.1, 0.15) is 103 Å². The Morgan fingerprint density at radius 2 is 1.05 bits per heavy atom. The smallest absolute Gasteiger partial charge is 0.306 e. The normalized spacial score (nSPS) is 22.4. The number of ether oxygens (including phenoxy) is 6. The minimum Gasteiger partial charge on any atom is -0.461 e. The van der Waals surface area contributed by atoms with Gasteiger partial charge in [-0.3, -0.25) is 9.59 Å². The Bertz CT molecular complexity index is 1400. The fraction of sp³-hybridized carbons (Fsp3) is 0.569. The summed E-state index contributed by atoms with van der Waals surface area (Å²) in [4.78, 5) is 26.3. The van der Waals surface area contributed by atoms with Gasteiger partial charge in [0.25, 0.3) is 0 Å². The van der Waals surface area contributed by atoms with Crippen LogP contribution in [0, 0.1) is 0 Å². The molecule has 2 rings (SSSR count). The van der Waals surface area contributed by atoms with E-state index in [2.05, 4.69) is 73.7 Å². The van der Waals surface area contributed by atoms with Crippen molar-refractivity contribution in [1.82, 2.24) is 4.90 Å². The summed E-state index contributed by atoms with van der Waals surface area (Å²) in [6.45, 7) is 5.07. The van der Waals surface area contributed by atoms with Gasteiger partial charge < -0.3 is 33.3 Å². The molecule has 2 aliphatic rings. The minimum atomic E-state index is -0.187. The van der Waals surface area contributed by atoms with Crippen LogP contribution in [0.3, 0.4) is 0 Å². The third-order valence-electron chi connectivity index (χ3n) is 9.44. The van der Waals surface area contributed by atoms with Crippen LogP contribution in [0.25, 0.3) is 0 Å². The van der Waals surface area contributed by atoms with Crippen LogP contribution in [0.15, 0.2) is 121 Å². The SMILES string of the molecule is CN(C)CCC1COCC=CCC=CCOC(=O)CCC=CCC=CCCCOCC(CCC2=CC=CC2)OCCCC=CCC=CCCC(=O)OCC=CCC=CCO1. The minimum absolute atomic E-state index is 0.000887. The number of cyclic esters (lactones) is 2. The van der Waals surface area contributed by atoms with Gasteiger partial charge in [0.15, 0.2) is 0 Å². The van der Waals surface area contributed by atoms with E-state index >= 15 is 0 Å². The fourth-order valence-corrected chi connectivity index (χ4v) is 5.94. The van der Waals surface area contributed by atoms with Crippen LogP contribution in [0.5, 0.6) is 0 Å². The van der Waals surface area contributed by atoms with Crippen LogP contribution < -0.4 is 0 Å². The van der Waals surface area contributed by atoms with E-state index in [4.69, 9.17) is 28.4 Å². The van der Waals surface area contributed by atoms with Crippen molar-refractivity contribution in [3.8, 4) is 0 Å². The van der Waals surface area contributed by atoms with Crippen molar-refractivity contribution in [2.24, 2.45) is 0 Å². The Hall–Kier alpha value is -3.86. The molecule has 0 saturated carbocycles. The highest BCUT2D eigenvalue weighted by Gasteiger charge is 2.12. The Morgan fingerprint density at radius 1 is 0.533 bits per heavy atom. The average molecular weight is 832 g/mol. The predicted octanol–water partition coefficient (Wildman–Crippen LogP) is 10.6. The number of hydrogen-bond donors (Lipinski definition) is 0. The molecule has 1 aliphatic heterocycles. The van der Waals surface area contributed by atoms with E-state index in [1.165, 1.54) is 5.57 Å². The molecule has 1 heterocycles. The number of rotatable bonds is 6. The maximum atomic E-state index is 12.1. The van der Waals surface area contributed by atoms with Crippen LogP contribution >= 0.6 is 0 Å². The molecule has 0 saturated heterocycles. The number of hydrogen-bond acceptors (Lipinski definition) is 9. The van der Waals surface area contributed by atoms with Crippen molar-refractivity contribution in [2.75, 3.05) is 73.5 Å². The van der Waals surface area contributed by atoms with Crippen LogP contribution in [0.2, 0.25) is 0 Å². The molecule has 0 spiro atoms. The van der Waals surface area contributed by atoms with Gasteiger partial charge in [-0.1, -0.05) is 121 Å². The lowest BCUT2D eigenvalue weighted by molar-refractivity contribution is -0.143. The standard InChI is InChI=1S/C51H77NO8/c1-52(2)38-37-49-46-56-40-26-16-11-19-29-43-59-50(53)33-21-13-7-3-5-9-15-25-39-55-45-48(36-35-47-31-23-24-32-47)57-41-27-17-10-6-4-8-14-22-34-51(54)60-44-30-20-12-18-28-42-58-49/h5-10,13-14,16,18-20,23-24,26,28-31,48-49H,3-4,11-12,15,17,21-22,25,27,32-46H2,1-2H3. The molecule has 334 valence electrons. The highest BCUT2D eigenvalue weighted by Crippen LogP contribution is 2.19. The summed E-state index contributed by atoms with van der Waals surface area (Å²) in [5, 5.41) is 0. The highest BCUT2D eigenvalue weighted by atomic mass is 16.5. The number of carbonyl (C=O) groups is 2. The van der Waals surface area contributed by atoms with E-state index in [0.29, 0.717) is 58.7 Å². The van der Waals surface area contributed by atoms with Crippen LogP contribution in [-0.4, -0.2) is 103 Å². The summed E-state index contributed by atoms with van der Waals surface area (Å²) in [5.41, 5.74) is 1.46. The van der Waals surface area contributed by atoms with Crippen molar-refractivity contribution in [2.45, 2.75) is 115 Å². The molecule has 60 heavy (non-hydrogen) atoms. The van der Waals surface area contributed by atoms with Gasteiger partial charge in [0.05, 0.1) is 38.6 Å². The van der Waals surface area contributed by atoms with E-state index in [-0.39, 0.29) is 37.4 Å². The summed E-state index contributed by atoms with van der Waals surface area (Å²) < 4.78 is 35.0. The zero-order valence-electron chi connectivity index (χ0n) is 37.0. The first-order valence-electron chi connectivity index (χ1n) is 22.4. The molecular weight excluding hydrogens is 755 g/mol. The third-order valence-corrected chi connectivity index (χ3v) is 9.44. The van der Waals surface area contributed by atoms with Gasteiger partial charge in [0, 0.05) is 32.6 Å². The summed E-state index contributed by atoms with van der Waals surface area (Å²) in [7, 11) is 4.11. The first-order chi connectivity index (χ1) is 29.5. The van der Waals surface area contributed by atoms with E-state index in [1.54, 1.807) is 0 Å². The fourth-order valence-electron chi connectivity index (χ4n) is 5.94. The van der Waals surface area contributed by atoms with Crippen molar-refractivity contribution >= 4 is 11.9 Å². The molecular formula is C51H77NO8. The second-order valence-electron chi connectivity index (χ2n) is 15.1. The zero-order chi connectivity index (χ0) is 42.8. The second-order valence-corrected chi connectivity index (χ2v) is 15.1. The van der Waals surface area contributed by atoms with Gasteiger partial charge >= 0.3 is 11.9 Å². The number of nitrogens with zero attached hydrogens (tertiary/aromatic N) is 1. The lowest BCUT2D eigenvalue weighted by Gasteiger charge is -2.19. The lowest BCUT2D eigenvalue weighted by Crippen LogP contribution is -2.26. The van der Waals surface area contributed by atoms with Crippen molar-refractivity contribution < 1.29 is 38.0 Å². The first kappa shape index (κ1) is 52.3. The zero-order valence-corrected chi connectivity index (χ0v) is 37.0. The molecule has 1 aliphatic carbocycles. The molecule has 9 heteroatoms. The second kappa shape index (κ2) is 39.3. The molecule has 0 aromatic carbocycles. The van der Waals surface area contributed by atoms with Gasteiger partial charge in [0.1, 0.15) is 13.2 Å². The molecule has 0 fully saturated rings. The number of allylic oxidation sites excluding steroid dienone is 16. The molecule has 9 nitrogen and oxygen atoms in total.